The molecule has 1 heterocycles. The number of hydrogen-bond acceptors (Lipinski definition) is 5. The molecule has 0 saturated carbocycles. The van der Waals surface area contributed by atoms with E-state index in [4.69, 9.17) is 18.7 Å². The summed E-state index contributed by atoms with van der Waals surface area (Å²) in [5.41, 5.74) is 0. The minimum atomic E-state index is -3.22. The minimum Gasteiger partial charge on any atom is -0.431 e. The quantitative estimate of drug-likeness (QED) is 0.516. The topological polar surface area (TPSA) is 66.0 Å². The van der Waals surface area contributed by atoms with E-state index in [2.05, 4.69) is 12.0 Å². The van der Waals surface area contributed by atoms with Gasteiger partial charge in [-0.2, -0.15) is 0 Å². The zero-order chi connectivity index (χ0) is 16.7. The zero-order valence-corrected chi connectivity index (χ0v) is 14.8. The largest absolute Gasteiger partial charge is 0.431 e. The molecule has 1 N–H and O–H groups in total. The third kappa shape index (κ3) is 5.90. The van der Waals surface area contributed by atoms with E-state index in [0.717, 1.165) is 12.8 Å². The molecule has 7 heteroatoms. The molecule has 0 amide bonds. The summed E-state index contributed by atoms with van der Waals surface area (Å²) in [6.07, 6.45) is 1.31. The van der Waals surface area contributed by atoms with Crippen LogP contribution in [0.4, 0.5) is 0 Å². The van der Waals surface area contributed by atoms with E-state index in [1.807, 2.05) is 32.0 Å². The fraction of sp³-hybridized carbons (Fsp3) is 0.625. The Labute approximate surface area is 138 Å². The molecule has 6 nitrogen and oxygen atoms in total. The van der Waals surface area contributed by atoms with E-state index < -0.39 is 13.8 Å². The third-order valence-corrected chi connectivity index (χ3v) is 5.19. The smallest absolute Gasteiger partial charge is 0.342 e. The van der Waals surface area contributed by atoms with Crippen LogP contribution in [0.1, 0.15) is 33.6 Å². The normalized spacial score (nSPS) is 24.5. The maximum absolute atomic E-state index is 13.1. The van der Waals surface area contributed by atoms with Crippen LogP contribution in [0.25, 0.3) is 0 Å². The standard InChI is InChI=1S/C16H26NO5P/c1-4-5-11-19-12-23(18,22-15-9-7-6-8-10-15)17-13(2)16-20-14(3)21-16/h6-10,13-14,16H,4-5,11-12H2,1-3H3,(H,17,18)/t13?,14?,16?,23-/m1/s1. The molecule has 2 rings (SSSR count). The SMILES string of the molecule is CCCCOC[P@](=O)(NC(C)C1OC(C)O1)Oc1ccccc1. The molecule has 1 aromatic carbocycles. The Kier molecular flexibility index (Phi) is 7.06. The lowest BCUT2D eigenvalue weighted by molar-refractivity contribution is -0.381. The van der Waals surface area contributed by atoms with E-state index in [1.165, 1.54) is 0 Å². The van der Waals surface area contributed by atoms with Crippen molar-refractivity contribution >= 4 is 7.52 Å². The highest BCUT2D eigenvalue weighted by atomic mass is 31.2. The van der Waals surface area contributed by atoms with Crippen LogP contribution in [-0.4, -0.2) is 31.6 Å². The van der Waals surface area contributed by atoms with Crippen molar-refractivity contribution in [2.45, 2.75) is 52.2 Å². The van der Waals surface area contributed by atoms with E-state index in [1.54, 1.807) is 12.1 Å². The van der Waals surface area contributed by atoms with Crippen molar-refractivity contribution in [2.75, 3.05) is 13.0 Å². The van der Waals surface area contributed by atoms with Crippen LogP contribution in [0.2, 0.25) is 0 Å². The second-order valence-electron chi connectivity index (χ2n) is 5.59. The molecule has 1 aliphatic rings. The summed E-state index contributed by atoms with van der Waals surface area (Å²) < 4.78 is 35.2. The number of para-hydroxylation sites is 1. The number of ether oxygens (including phenoxy) is 3. The fourth-order valence-corrected chi connectivity index (χ4v) is 3.92. The molecule has 130 valence electrons. The number of rotatable bonds is 10. The van der Waals surface area contributed by atoms with Crippen molar-refractivity contribution in [2.24, 2.45) is 0 Å². The molecule has 1 unspecified atom stereocenters. The van der Waals surface area contributed by atoms with Crippen molar-refractivity contribution in [3.63, 3.8) is 0 Å². The molecule has 1 saturated heterocycles. The molecule has 1 aliphatic heterocycles. The Morgan fingerprint density at radius 1 is 1.30 bits per heavy atom. The molecule has 0 aromatic heterocycles. The Hall–Kier alpha value is -0.910. The molecule has 0 radical (unpaired) electrons. The number of benzene rings is 1. The fourth-order valence-electron chi connectivity index (χ4n) is 2.17. The van der Waals surface area contributed by atoms with Gasteiger partial charge in [0.2, 0.25) is 0 Å². The lowest BCUT2D eigenvalue weighted by atomic mass is 10.3. The predicted molar refractivity (Wildman–Crippen MR) is 88.4 cm³/mol. The predicted octanol–water partition coefficient (Wildman–Crippen LogP) is 3.73. The van der Waals surface area contributed by atoms with Gasteiger partial charge in [-0.15, -0.1) is 0 Å². The number of nitrogens with one attached hydrogen (secondary N) is 1. The van der Waals surface area contributed by atoms with Crippen molar-refractivity contribution in [3.05, 3.63) is 30.3 Å². The van der Waals surface area contributed by atoms with Crippen LogP contribution >= 0.6 is 7.52 Å². The van der Waals surface area contributed by atoms with Gasteiger partial charge in [-0.25, -0.2) is 5.09 Å². The Morgan fingerprint density at radius 2 is 2.00 bits per heavy atom. The van der Waals surface area contributed by atoms with E-state index in [0.29, 0.717) is 12.4 Å². The highest BCUT2D eigenvalue weighted by Gasteiger charge is 2.37. The summed E-state index contributed by atoms with van der Waals surface area (Å²) in [5, 5.41) is 3.00. The van der Waals surface area contributed by atoms with Crippen molar-refractivity contribution in [1.29, 1.82) is 0 Å². The Bertz CT molecular complexity index is 506. The maximum Gasteiger partial charge on any atom is 0.342 e. The van der Waals surface area contributed by atoms with Crippen LogP contribution in [0.5, 0.6) is 5.75 Å². The molecule has 1 aromatic rings. The van der Waals surface area contributed by atoms with E-state index in [9.17, 15) is 4.57 Å². The van der Waals surface area contributed by atoms with E-state index in [-0.39, 0.29) is 18.7 Å². The Morgan fingerprint density at radius 3 is 2.61 bits per heavy atom. The lowest BCUT2D eigenvalue weighted by Crippen LogP contribution is -2.50. The average Bonchev–Trinajstić information content (AvgIpc) is 2.49. The van der Waals surface area contributed by atoms with Gasteiger partial charge in [0.1, 0.15) is 12.1 Å². The first-order valence-corrected chi connectivity index (χ1v) is 9.83. The van der Waals surface area contributed by atoms with Crippen LogP contribution in [0.3, 0.4) is 0 Å². The summed E-state index contributed by atoms with van der Waals surface area (Å²) in [6, 6.07) is 8.81. The number of hydrogen-bond donors (Lipinski definition) is 1. The van der Waals surface area contributed by atoms with Crippen LogP contribution in [0.15, 0.2) is 30.3 Å². The first kappa shape index (κ1) is 18.4. The molecule has 2 atom stereocenters. The summed E-state index contributed by atoms with van der Waals surface area (Å²) in [7, 11) is -3.22. The van der Waals surface area contributed by atoms with E-state index >= 15 is 0 Å². The monoisotopic (exact) mass is 343 g/mol. The van der Waals surface area contributed by atoms with Gasteiger partial charge in [0.15, 0.2) is 12.6 Å². The molecular formula is C16H26NO5P. The third-order valence-electron chi connectivity index (χ3n) is 3.36. The minimum absolute atomic E-state index is 0.00844. The van der Waals surface area contributed by atoms with Crippen molar-refractivity contribution < 1.29 is 23.3 Å². The molecule has 0 spiro atoms. The van der Waals surface area contributed by atoms with Gasteiger partial charge in [-0.05, 0) is 32.4 Å². The molecule has 1 fully saturated rings. The summed E-state index contributed by atoms with van der Waals surface area (Å²) in [6.45, 7) is 6.30. The van der Waals surface area contributed by atoms with Crippen LogP contribution < -0.4 is 9.61 Å². The summed E-state index contributed by atoms with van der Waals surface area (Å²) in [5.74, 6) is 0.540. The van der Waals surface area contributed by atoms with Gasteiger partial charge in [0.05, 0.1) is 6.04 Å². The lowest BCUT2D eigenvalue weighted by Gasteiger charge is -2.38. The summed E-state index contributed by atoms with van der Waals surface area (Å²) >= 11 is 0. The molecular weight excluding hydrogens is 317 g/mol. The van der Waals surface area contributed by atoms with Gasteiger partial charge in [-0.1, -0.05) is 31.5 Å². The highest BCUT2D eigenvalue weighted by Crippen LogP contribution is 2.44. The van der Waals surface area contributed by atoms with Gasteiger partial charge in [-0.3, -0.25) is 4.57 Å². The van der Waals surface area contributed by atoms with Crippen LogP contribution in [-0.2, 0) is 18.8 Å². The van der Waals surface area contributed by atoms with Crippen LogP contribution in [0, 0.1) is 0 Å². The van der Waals surface area contributed by atoms with Gasteiger partial charge < -0.3 is 18.7 Å². The second-order valence-corrected chi connectivity index (χ2v) is 7.64. The number of unbranched alkanes of at least 4 members (excludes halogenated alkanes) is 1. The van der Waals surface area contributed by atoms with Gasteiger partial charge >= 0.3 is 7.52 Å². The second kappa shape index (κ2) is 8.81. The van der Waals surface area contributed by atoms with Crippen molar-refractivity contribution in [3.8, 4) is 5.75 Å². The van der Waals surface area contributed by atoms with Gasteiger partial charge in [0, 0.05) is 6.61 Å². The molecule has 23 heavy (non-hydrogen) atoms. The Balaban J connectivity index is 1.96. The zero-order valence-electron chi connectivity index (χ0n) is 13.9. The highest BCUT2D eigenvalue weighted by molar-refractivity contribution is 7.57. The first-order chi connectivity index (χ1) is 11.0. The molecule has 0 bridgehead atoms. The van der Waals surface area contributed by atoms with Gasteiger partial charge in [0.25, 0.3) is 0 Å². The van der Waals surface area contributed by atoms with Crippen molar-refractivity contribution in [1.82, 2.24) is 5.09 Å². The first-order valence-electron chi connectivity index (χ1n) is 8.02. The maximum atomic E-state index is 13.1. The molecule has 0 aliphatic carbocycles. The summed E-state index contributed by atoms with van der Waals surface area (Å²) in [4.78, 5) is 0. The average molecular weight is 343 g/mol.